The molecule has 0 bridgehead atoms. The molecule has 2 amide bonds. The summed E-state index contributed by atoms with van der Waals surface area (Å²) in [7, 11) is 1.55. The number of hydrogen-bond acceptors (Lipinski definition) is 3. The molecule has 126 valence electrons. The van der Waals surface area contributed by atoms with E-state index >= 15 is 0 Å². The topological polar surface area (TPSA) is 67.4 Å². The van der Waals surface area contributed by atoms with Crippen molar-refractivity contribution in [3.8, 4) is 5.75 Å². The average molecular weight is 326 g/mol. The van der Waals surface area contributed by atoms with Gasteiger partial charge in [-0.3, -0.25) is 9.59 Å². The lowest BCUT2D eigenvalue weighted by atomic mass is 10.1. The van der Waals surface area contributed by atoms with Crippen LogP contribution in [0.25, 0.3) is 0 Å². The molecule has 24 heavy (non-hydrogen) atoms. The van der Waals surface area contributed by atoms with Crippen molar-refractivity contribution in [2.45, 2.75) is 13.8 Å². The number of anilines is 1. The quantitative estimate of drug-likeness (QED) is 0.855. The fourth-order valence-corrected chi connectivity index (χ4v) is 2.14. The zero-order valence-corrected chi connectivity index (χ0v) is 14.1. The summed E-state index contributed by atoms with van der Waals surface area (Å²) in [5, 5.41) is 5.64. The molecule has 2 aromatic rings. The van der Waals surface area contributed by atoms with Gasteiger partial charge in [-0.25, -0.2) is 0 Å². The molecule has 0 saturated carbocycles. The number of ether oxygens (including phenoxy) is 1. The number of nitrogens with one attached hydrogen (secondary N) is 2. The summed E-state index contributed by atoms with van der Waals surface area (Å²) in [6, 6.07) is 13.8. The Morgan fingerprint density at radius 3 is 2.33 bits per heavy atom. The van der Waals surface area contributed by atoms with E-state index in [0.717, 1.165) is 0 Å². The summed E-state index contributed by atoms with van der Waals surface area (Å²) in [5.74, 6) is 0.469. The van der Waals surface area contributed by atoms with E-state index in [1.807, 2.05) is 26.0 Å². The van der Waals surface area contributed by atoms with E-state index in [9.17, 15) is 9.59 Å². The molecule has 5 nitrogen and oxygen atoms in total. The molecular weight excluding hydrogens is 304 g/mol. The largest absolute Gasteiger partial charge is 0.495 e. The first-order valence-electron chi connectivity index (χ1n) is 7.84. The number of carbonyl (C=O) groups is 2. The molecule has 0 saturated heterocycles. The van der Waals surface area contributed by atoms with Crippen molar-refractivity contribution >= 4 is 17.5 Å². The van der Waals surface area contributed by atoms with Crippen LogP contribution >= 0.6 is 0 Å². The first kappa shape index (κ1) is 17.5. The molecule has 0 spiro atoms. The van der Waals surface area contributed by atoms with E-state index in [-0.39, 0.29) is 11.8 Å². The second-order valence-electron chi connectivity index (χ2n) is 5.84. The van der Waals surface area contributed by atoms with Crippen molar-refractivity contribution in [1.82, 2.24) is 5.32 Å². The van der Waals surface area contributed by atoms with Crippen LogP contribution in [-0.2, 0) is 0 Å². The Hall–Kier alpha value is -2.82. The lowest BCUT2D eigenvalue weighted by Crippen LogP contribution is -2.27. The average Bonchev–Trinajstić information content (AvgIpc) is 2.60. The van der Waals surface area contributed by atoms with Crippen LogP contribution in [0.2, 0.25) is 0 Å². The van der Waals surface area contributed by atoms with Gasteiger partial charge in [0, 0.05) is 17.7 Å². The minimum atomic E-state index is -0.294. The predicted octanol–water partition coefficient (Wildman–Crippen LogP) is 3.33. The molecule has 2 aromatic carbocycles. The van der Waals surface area contributed by atoms with Gasteiger partial charge in [-0.05, 0) is 36.2 Å². The lowest BCUT2D eigenvalue weighted by Gasteiger charge is -2.11. The zero-order chi connectivity index (χ0) is 17.5. The van der Waals surface area contributed by atoms with Crippen LogP contribution in [0, 0.1) is 5.92 Å². The van der Waals surface area contributed by atoms with Gasteiger partial charge in [-0.15, -0.1) is 0 Å². The smallest absolute Gasteiger partial charge is 0.255 e. The van der Waals surface area contributed by atoms with Crippen LogP contribution in [0.3, 0.4) is 0 Å². The molecule has 0 unspecified atom stereocenters. The van der Waals surface area contributed by atoms with E-state index in [0.29, 0.717) is 35.0 Å². The maximum absolute atomic E-state index is 12.4. The fraction of sp³-hybridized carbons (Fsp3) is 0.263. The summed E-state index contributed by atoms with van der Waals surface area (Å²) in [6.45, 7) is 4.64. The minimum Gasteiger partial charge on any atom is -0.495 e. The number of benzene rings is 2. The molecule has 0 radical (unpaired) electrons. The maximum Gasteiger partial charge on any atom is 0.255 e. The zero-order valence-electron chi connectivity index (χ0n) is 14.1. The Morgan fingerprint density at radius 2 is 1.67 bits per heavy atom. The van der Waals surface area contributed by atoms with Gasteiger partial charge >= 0.3 is 0 Å². The summed E-state index contributed by atoms with van der Waals surface area (Å²) < 4.78 is 5.22. The van der Waals surface area contributed by atoms with Crippen molar-refractivity contribution in [2.75, 3.05) is 19.0 Å². The van der Waals surface area contributed by atoms with E-state index in [1.165, 1.54) is 0 Å². The highest BCUT2D eigenvalue weighted by Crippen LogP contribution is 2.23. The van der Waals surface area contributed by atoms with E-state index in [4.69, 9.17) is 4.74 Å². The molecule has 0 aromatic heterocycles. The predicted molar refractivity (Wildman–Crippen MR) is 94.6 cm³/mol. The third kappa shape index (κ3) is 4.59. The van der Waals surface area contributed by atoms with Gasteiger partial charge in [-0.1, -0.05) is 32.0 Å². The lowest BCUT2D eigenvalue weighted by molar-refractivity contribution is 0.0949. The minimum absolute atomic E-state index is 0.185. The van der Waals surface area contributed by atoms with Gasteiger partial charge < -0.3 is 15.4 Å². The highest BCUT2D eigenvalue weighted by Gasteiger charge is 2.12. The molecular formula is C19H22N2O3. The molecule has 2 rings (SSSR count). The molecule has 0 heterocycles. The van der Waals surface area contributed by atoms with Crippen LogP contribution in [0.15, 0.2) is 48.5 Å². The van der Waals surface area contributed by atoms with E-state index in [2.05, 4.69) is 10.6 Å². The summed E-state index contributed by atoms with van der Waals surface area (Å²) in [4.78, 5) is 24.5. The maximum atomic E-state index is 12.4. The Morgan fingerprint density at radius 1 is 1.00 bits per heavy atom. The van der Waals surface area contributed by atoms with Gasteiger partial charge in [0.2, 0.25) is 0 Å². The van der Waals surface area contributed by atoms with Gasteiger partial charge in [0.1, 0.15) is 5.75 Å². The highest BCUT2D eigenvalue weighted by atomic mass is 16.5. The van der Waals surface area contributed by atoms with Crippen LogP contribution in [0.5, 0.6) is 5.75 Å². The molecule has 5 heteroatoms. The van der Waals surface area contributed by atoms with Crippen molar-refractivity contribution in [2.24, 2.45) is 5.92 Å². The van der Waals surface area contributed by atoms with Gasteiger partial charge in [0.05, 0.1) is 12.8 Å². The Bertz CT molecular complexity index is 726. The summed E-state index contributed by atoms with van der Waals surface area (Å²) in [5.41, 5.74) is 1.46. The van der Waals surface area contributed by atoms with Crippen LogP contribution in [0.1, 0.15) is 34.6 Å². The van der Waals surface area contributed by atoms with Gasteiger partial charge in [0.15, 0.2) is 0 Å². The van der Waals surface area contributed by atoms with Gasteiger partial charge in [0.25, 0.3) is 11.8 Å². The SMILES string of the molecule is COc1ccccc1NC(=O)c1cccc(C(=O)NCC(C)C)c1. The third-order valence-corrected chi connectivity index (χ3v) is 3.41. The summed E-state index contributed by atoms with van der Waals surface area (Å²) in [6.07, 6.45) is 0. The molecule has 0 atom stereocenters. The second-order valence-corrected chi connectivity index (χ2v) is 5.84. The number of methoxy groups -OCH3 is 1. The molecule has 0 aliphatic heterocycles. The molecule has 0 aliphatic carbocycles. The Kier molecular flexibility index (Phi) is 5.95. The van der Waals surface area contributed by atoms with Crippen molar-refractivity contribution in [1.29, 1.82) is 0 Å². The number of carbonyl (C=O) groups excluding carboxylic acids is 2. The first-order chi connectivity index (χ1) is 11.5. The first-order valence-corrected chi connectivity index (χ1v) is 7.84. The second kappa shape index (κ2) is 8.15. The molecule has 0 aliphatic rings. The van der Waals surface area contributed by atoms with Crippen molar-refractivity contribution in [3.05, 3.63) is 59.7 Å². The third-order valence-electron chi connectivity index (χ3n) is 3.41. The van der Waals surface area contributed by atoms with E-state index < -0.39 is 0 Å². The molecule has 0 fully saturated rings. The number of amides is 2. The number of para-hydroxylation sites is 2. The monoisotopic (exact) mass is 326 g/mol. The van der Waals surface area contributed by atoms with Crippen LogP contribution in [-0.4, -0.2) is 25.5 Å². The highest BCUT2D eigenvalue weighted by molar-refractivity contribution is 6.06. The van der Waals surface area contributed by atoms with Gasteiger partial charge in [-0.2, -0.15) is 0 Å². The normalized spacial score (nSPS) is 10.3. The summed E-state index contributed by atoms with van der Waals surface area (Å²) >= 11 is 0. The Balaban J connectivity index is 2.13. The van der Waals surface area contributed by atoms with Crippen molar-refractivity contribution in [3.63, 3.8) is 0 Å². The standard InChI is InChI=1S/C19H22N2O3/c1-13(2)12-20-18(22)14-7-6-8-15(11-14)19(23)21-16-9-4-5-10-17(16)24-3/h4-11,13H,12H2,1-3H3,(H,20,22)(H,21,23). The fourth-order valence-electron chi connectivity index (χ4n) is 2.14. The number of rotatable bonds is 6. The number of hydrogen-bond donors (Lipinski definition) is 2. The Labute approximate surface area is 142 Å². The van der Waals surface area contributed by atoms with E-state index in [1.54, 1.807) is 43.5 Å². The van der Waals surface area contributed by atoms with Crippen LogP contribution < -0.4 is 15.4 Å². The molecule has 2 N–H and O–H groups in total. The van der Waals surface area contributed by atoms with Crippen molar-refractivity contribution < 1.29 is 14.3 Å². The van der Waals surface area contributed by atoms with Crippen LogP contribution in [0.4, 0.5) is 5.69 Å².